The average Bonchev–Trinajstić information content (AvgIpc) is 2.11. The Kier molecular flexibility index (Phi) is 3.03. The normalized spacial score (nSPS) is 12.4. The fraction of sp³-hybridized carbons (Fsp3) is 0.333. The molecule has 5 nitrogen and oxygen atoms in total. The molecular weight excluding hydrogens is 184 g/mol. The van der Waals surface area contributed by atoms with Gasteiger partial charge in [-0.15, -0.1) is 0 Å². The minimum Gasteiger partial charge on any atom is -0.480 e. The molecule has 0 aromatic carbocycles. The monoisotopic (exact) mass is 196 g/mol. The summed E-state index contributed by atoms with van der Waals surface area (Å²) in [6, 6.07) is 3.69. The first-order valence-electron chi connectivity index (χ1n) is 4.17. The molecule has 1 aromatic rings. The third kappa shape index (κ3) is 2.20. The van der Waals surface area contributed by atoms with Gasteiger partial charge in [0.15, 0.2) is 0 Å². The molecule has 14 heavy (non-hydrogen) atoms. The summed E-state index contributed by atoms with van der Waals surface area (Å²) >= 11 is 0. The van der Waals surface area contributed by atoms with Gasteiger partial charge in [0.1, 0.15) is 6.04 Å². The Balaban J connectivity index is 2.97. The zero-order valence-corrected chi connectivity index (χ0v) is 7.80. The number of rotatable bonds is 3. The van der Waals surface area contributed by atoms with Crippen LogP contribution >= 0.6 is 0 Å². The number of pyridine rings is 1. The van der Waals surface area contributed by atoms with Crippen LogP contribution in [0.3, 0.4) is 0 Å². The van der Waals surface area contributed by atoms with Crippen molar-refractivity contribution >= 4 is 5.97 Å². The van der Waals surface area contributed by atoms with Crippen LogP contribution in [0.25, 0.3) is 0 Å². The maximum Gasteiger partial charge on any atom is 0.322 e. The Labute approximate surface area is 80.8 Å². The molecule has 1 aromatic heterocycles. The molecular formula is C9H12N2O3. The first-order valence-corrected chi connectivity index (χ1v) is 4.17. The second kappa shape index (κ2) is 4.06. The summed E-state index contributed by atoms with van der Waals surface area (Å²) in [6.45, 7) is 1.73. The highest BCUT2D eigenvalue weighted by Crippen LogP contribution is 1.95. The van der Waals surface area contributed by atoms with Gasteiger partial charge in [0.25, 0.3) is 5.56 Å². The molecule has 0 spiro atoms. The van der Waals surface area contributed by atoms with Crippen molar-refractivity contribution in [3.63, 3.8) is 0 Å². The van der Waals surface area contributed by atoms with Gasteiger partial charge >= 0.3 is 5.97 Å². The second-order valence-electron chi connectivity index (χ2n) is 3.06. The van der Waals surface area contributed by atoms with Crippen molar-refractivity contribution in [3.8, 4) is 0 Å². The van der Waals surface area contributed by atoms with Gasteiger partial charge in [-0.2, -0.15) is 0 Å². The number of hydrogen-bond acceptors (Lipinski definition) is 3. The van der Waals surface area contributed by atoms with Gasteiger partial charge in [-0.05, 0) is 13.0 Å². The first kappa shape index (κ1) is 10.5. The highest BCUT2D eigenvalue weighted by molar-refractivity contribution is 5.72. The molecule has 0 amide bonds. The standard InChI is InChI=1S/C9H12N2O3/c1-6-3-2-4-8(12)11(6)5-7(10)9(13)14/h2-4,7H,5,10H2,1H3,(H,13,14). The van der Waals surface area contributed by atoms with E-state index in [1.165, 1.54) is 10.6 Å². The summed E-state index contributed by atoms with van der Waals surface area (Å²) in [5.41, 5.74) is 5.80. The predicted octanol–water partition coefficient (Wildman–Crippen LogP) is -0.431. The van der Waals surface area contributed by atoms with E-state index in [-0.39, 0.29) is 12.1 Å². The zero-order valence-electron chi connectivity index (χ0n) is 7.80. The van der Waals surface area contributed by atoms with Gasteiger partial charge in [0, 0.05) is 11.8 Å². The van der Waals surface area contributed by atoms with Crippen molar-refractivity contribution in [3.05, 3.63) is 34.2 Å². The Morgan fingerprint density at radius 1 is 1.64 bits per heavy atom. The molecule has 0 aliphatic carbocycles. The molecule has 0 fully saturated rings. The van der Waals surface area contributed by atoms with E-state index in [0.29, 0.717) is 5.69 Å². The third-order valence-electron chi connectivity index (χ3n) is 1.96. The molecule has 1 unspecified atom stereocenters. The van der Waals surface area contributed by atoms with Crippen LogP contribution in [0.15, 0.2) is 23.0 Å². The molecule has 1 rings (SSSR count). The SMILES string of the molecule is Cc1cccc(=O)n1CC(N)C(=O)O. The van der Waals surface area contributed by atoms with Gasteiger partial charge in [-0.25, -0.2) is 0 Å². The van der Waals surface area contributed by atoms with Crippen LogP contribution < -0.4 is 11.3 Å². The van der Waals surface area contributed by atoms with Crippen molar-refractivity contribution in [2.75, 3.05) is 0 Å². The summed E-state index contributed by atoms with van der Waals surface area (Å²) in [5.74, 6) is -1.11. The summed E-state index contributed by atoms with van der Waals surface area (Å²) in [4.78, 5) is 21.8. The molecule has 1 heterocycles. The number of nitrogens with two attached hydrogens (primary N) is 1. The Bertz CT molecular complexity index is 397. The van der Waals surface area contributed by atoms with Crippen molar-refractivity contribution in [1.82, 2.24) is 4.57 Å². The molecule has 0 aliphatic heterocycles. The van der Waals surface area contributed by atoms with Crippen molar-refractivity contribution in [2.24, 2.45) is 5.73 Å². The van der Waals surface area contributed by atoms with Crippen molar-refractivity contribution < 1.29 is 9.90 Å². The van der Waals surface area contributed by atoms with Crippen LogP contribution in [0.4, 0.5) is 0 Å². The third-order valence-corrected chi connectivity index (χ3v) is 1.96. The smallest absolute Gasteiger partial charge is 0.322 e. The van der Waals surface area contributed by atoms with Gasteiger partial charge < -0.3 is 15.4 Å². The molecule has 5 heteroatoms. The van der Waals surface area contributed by atoms with Crippen LogP contribution in [-0.4, -0.2) is 21.7 Å². The molecule has 3 N–H and O–H groups in total. The number of aryl methyl sites for hydroxylation is 1. The van der Waals surface area contributed by atoms with Crippen molar-refractivity contribution in [2.45, 2.75) is 19.5 Å². The van der Waals surface area contributed by atoms with Gasteiger partial charge in [0.05, 0.1) is 6.54 Å². The fourth-order valence-corrected chi connectivity index (χ4v) is 1.13. The average molecular weight is 196 g/mol. The number of carboxylic acid groups (broad SMARTS) is 1. The van der Waals surface area contributed by atoms with Crippen LogP contribution in [0.5, 0.6) is 0 Å². The van der Waals surface area contributed by atoms with Crippen molar-refractivity contribution in [1.29, 1.82) is 0 Å². The first-order chi connectivity index (χ1) is 6.52. The lowest BCUT2D eigenvalue weighted by Gasteiger charge is -2.11. The van der Waals surface area contributed by atoms with E-state index >= 15 is 0 Å². The number of nitrogens with zero attached hydrogens (tertiary/aromatic N) is 1. The van der Waals surface area contributed by atoms with Gasteiger partial charge in [-0.3, -0.25) is 9.59 Å². The van der Waals surface area contributed by atoms with Crippen LogP contribution in [-0.2, 0) is 11.3 Å². The largest absolute Gasteiger partial charge is 0.480 e. The summed E-state index contributed by atoms with van der Waals surface area (Å²) in [7, 11) is 0. The quantitative estimate of drug-likeness (QED) is 0.686. The lowest BCUT2D eigenvalue weighted by atomic mass is 10.3. The molecule has 1 atom stereocenters. The van der Waals surface area contributed by atoms with E-state index in [1.807, 2.05) is 0 Å². The topological polar surface area (TPSA) is 85.3 Å². The number of carboxylic acids is 1. The van der Waals surface area contributed by atoms with E-state index in [9.17, 15) is 9.59 Å². The summed E-state index contributed by atoms with van der Waals surface area (Å²) in [6.07, 6.45) is 0. The van der Waals surface area contributed by atoms with Crippen LogP contribution in [0, 0.1) is 6.92 Å². The molecule has 0 aliphatic rings. The number of aromatic nitrogens is 1. The van der Waals surface area contributed by atoms with E-state index < -0.39 is 12.0 Å². The van der Waals surface area contributed by atoms with Gasteiger partial charge in [0.2, 0.25) is 0 Å². The summed E-state index contributed by atoms with van der Waals surface area (Å²) < 4.78 is 1.35. The lowest BCUT2D eigenvalue weighted by Crippen LogP contribution is -2.38. The van der Waals surface area contributed by atoms with E-state index in [2.05, 4.69) is 0 Å². The van der Waals surface area contributed by atoms with Crippen LogP contribution in [0.1, 0.15) is 5.69 Å². The fourth-order valence-electron chi connectivity index (χ4n) is 1.13. The Hall–Kier alpha value is -1.62. The molecule has 76 valence electrons. The highest BCUT2D eigenvalue weighted by Gasteiger charge is 2.13. The predicted molar refractivity (Wildman–Crippen MR) is 51.1 cm³/mol. The summed E-state index contributed by atoms with van der Waals surface area (Å²) in [5, 5.41) is 8.58. The maximum absolute atomic E-state index is 11.3. The number of carbonyl (C=O) groups is 1. The van der Waals surface area contributed by atoms with E-state index in [0.717, 1.165) is 0 Å². The lowest BCUT2D eigenvalue weighted by molar-refractivity contribution is -0.138. The minimum atomic E-state index is -1.11. The second-order valence-corrected chi connectivity index (χ2v) is 3.06. The van der Waals surface area contributed by atoms with Crippen LogP contribution in [0.2, 0.25) is 0 Å². The molecule has 0 radical (unpaired) electrons. The minimum absolute atomic E-state index is 0.000833. The van der Waals surface area contributed by atoms with E-state index in [4.69, 9.17) is 10.8 Å². The number of hydrogen-bond donors (Lipinski definition) is 2. The molecule has 0 saturated heterocycles. The van der Waals surface area contributed by atoms with Gasteiger partial charge in [-0.1, -0.05) is 6.07 Å². The number of aliphatic carboxylic acids is 1. The Morgan fingerprint density at radius 2 is 2.29 bits per heavy atom. The zero-order chi connectivity index (χ0) is 10.7. The maximum atomic E-state index is 11.3. The Morgan fingerprint density at radius 3 is 2.79 bits per heavy atom. The van der Waals surface area contributed by atoms with E-state index in [1.54, 1.807) is 19.1 Å². The molecule has 0 saturated carbocycles. The highest BCUT2D eigenvalue weighted by atomic mass is 16.4. The molecule has 0 bridgehead atoms.